The summed E-state index contributed by atoms with van der Waals surface area (Å²) in [4.78, 5) is 14.4. The van der Waals surface area contributed by atoms with E-state index >= 15 is 0 Å². The van der Waals surface area contributed by atoms with E-state index in [9.17, 15) is 4.79 Å². The number of benzene rings is 1. The van der Waals surface area contributed by atoms with Crippen LogP contribution in [0.15, 0.2) is 30.3 Å². The van der Waals surface area contributed by atoms with Crippen molar-refractivity contribution in [3.63, 3.8) is 0 Å². The van der Waals surface area contributed by atoms with E-state index in [-0.39, 0.29) is 24.1 Å². The zero-order valence-electron chi connectivity index (χ0n) is 13.7. The quantitative estimate of drug-likeness (QED) is 0.879. The third-order valence-corrected chi connectivity index (χ3v) is 4.59. The van der Waals surface area contributed by atoms with Gasteiger partial charge in [-0.2, -0.15) is 0 Å². The minimum absolute atomic E-state index is 0.00200. The molecule has 1 aromatic carbocycles. The summed E-state index contributed by atoms with van der Waals surface area (Å²) in [5, 5.41) is 12.3. The van der Waals surface area contributed by atoms with E-state index in [0.29, 0.717) is 13.0 Å². The first-order chi connectivity index (χ1) is 10.5. The summed E-state index contributed by atoms with van der Waals surface area (Å²) in [6, 6.07) is 10.4. The second-order valence-electron chi connectivity index (χ2n) is 6.76. The lowest BCUT2D eigenvalue weighted by Crippen LogP contribution is -2.51. The minimum atomic E-state index is -0.0980. The molecule has 1 aliphatic rings. The van der Waals surface area contributed by atoms with Crippen LogP contribution in [0.5, 0.6) is 0 Å². The largest absolute Gasteiger partial charge is 0.396 e. The van der Waals surface area contributed by atoms with Gasteiger partial charge in [-0.15, -0.1) is 0 Å². The monoisotopic (exact) mass is 304 g/mol. The fourth-order valence-corrected chi connectivity index (χ4v) is 3.11. The molecule has 4 heteroatoms. The van der Waals surface area contributed by atoms with Gasteiger partial charge in [-0.25, -0.2) is 4.79 Å². The number of carbonyl (C=O) groups excluding carboxylic acids is 1. The van der Waals surface area contributed by atoms with Crippen molar-refractivity contribution >= 4 is 6.03 Å². The fraction of sp³-hybridized carbons (Fsp3) is 0.611. The van der Waals surface area contributed by atoms with Crippen LogP contribution in [0.2, 0.25) is 0 Å². The number of hydrogen-bond acceptors (Lipinski definition) is 2. The lowest BCUT2D eigenvalue weighted by molar-refractivity contribution is 0.130. The van der Waals surface area contributed by atoms with Gasteiger partial charge in [0.05, 0.1) is 0 Å². The van der Waals surface area contributed by atoms with Crippen LogP contribution in [0.3, 0.4) is 0 Å². The molecule has 122 valence electrons. The van der Waals surface area contributed by atoms with Crippen molar-refractivity contribution in [1.29, 1.82) is 0 Å². The molecule has 1 fully saturated rings. The number of likely N-dealkylation sites (tertiary alicyclic amines) is 1. The van der Waals surface area contributed by atoms with Gasteiger partial charge in [0.25, 0.3) is 0 Å². The summed E-state index contributed by atoms with van der Waals surface area (Å²) in [5.74, 6) is 0. The van der Waals surface area contributed by atoms with Gasteiger partial charge in [-0.3, -0.25) is 0 Å². The van der Waals surface area contributed by atoms with Crippen molar-refractivity contribution < 1.29 is 9.90 Å². The molecular weight excluding hydrogens is 276 g/mol. The zero-order chi connectivity index (χ0) is 16.0. The predicted octanol–water partition coefficient (Wildman–Crippen LogP) is 2.91. The Morgan fingerprint density at radius 3 is 2.73 bits per heavy atom. The Hall–Kier alpha value is -1.55. The smallest absolute Gasteiger partial charge is 0.317 e. The Kier molecular flexibility index (Phi) is 5.83. The second kappa shape index (κ2) is 7.63. The van der Waals surface area contributed by atoms with Crippen LogP contribution in [0, 0.1) is 0 Å². The maximum atomic E-state index is 12.5. The normalized spacial score (nSPS) is 19.0. The summed E-state index contributed by atoms with van der Waals surface area (Å²) >= 11 is 0. The molecule has 1 aliphatic heterocycles. The first kappa shape index (κ1) is 16.8. The van der Waals surface area contributed by atoms with E-state index < -0.39 is 0 Å². The van der Waals surface area contributed by atoms with Crippen LogP contribution in [0.1, 0.15) is 45.1 Å². The molecule has 1 unspecified atom stereocenters. The molecule has 0 radical (unpaired) electrons. The van der Waals surface area contributed by atoms with E-state index in [1.54, 1.807) is 0 Å². The summed E-state index contributed by atoms with van der Waals surface area (Å²) in [6.45, 7) is 5.83. The van der Waals surface area contributed by atoms with Crippen molar-refractivity contribution in [2.75, 3.05) is 19.7 Å². The molecule has 1 heterocycles. The van der Waals surface area contributed by atoms with Crippen LogP contribution in [0.25, 0.3) is 0 Å². The predicted molar refractivity (Wildman–Crippen MR) is 88.9 cm³/mol. The van der Waals surface area contributed by atoms with E-state index in [4.69, 9.17) is 5.11 Å². The average molecular weight is 304 g/mol. The Balaban J connectivity index is 1.93. The Bertz CT molecular complexity index is 471. The van der Waals surface area contributed by atoms with Crippen LogP contribution in [-0.2, 0) is 5.41 Å². The van der Waals surface area contributed by atoms with Gasteiger partial charge in [-0.1, -0.05) is 44.2 Å². The van der Waals surface area contributed by atoms with Gasteiger partial charge in [0.1, 0.15) is 0 Å². The summed E-state index contributed by atoms with van der Waals surface area (Å²) in [5.41, 5.74) is 1.12. The topological polar surface area (TPSA) is 52.6 Å². The number of amides is 2. The molecule has 22 heavy (non-hydrogen) atoms. The number of hydrogen-bond donors (Lipinski definition) is 2. The highest BCUT2D eigenvalue weighted by molar-refractivity contribution is 5.74. The van der Waals surface area contributed by atoms with Crippen molar-refractivity contribution in [2.24, 2.45) is 0 Å². The molecule has 2 amide bonds. The van der Waals surface area contributed by atoms with Crippen LogP contribution >= 0.6 is 0 Å². The Morgan fingerprint density at radius 1 is 1.32 bits per heavy atom. The molecule has 0 aliphatic carbocycles. The van der Waals surface area contributed by atoms with Crippen molar-refractivity contribution in [2.45, 2.75) is 51.0 Å². The van der Waals surface area contributed by atoms with Crippen molar-refractivity contribution in [3.05, 3.63) is 35.9 Å². The molecule has 2 N–H and O–H groups in total. The maximum absolute atomic E-state index is 12.5. The first-order valence-electron chi connectivity index (χ1n) is 8.25. The highest BCUT2D eigenvalue weighted by atomic mass is 16.3. The number of aliphatic hydroxyl groups is 1. The molecule has 1 saturated heterocycles. The van der Waals surface area contributed by atoms with Gasteiger partial charge in [0, 0.05) is 31.2 Å². The second-order valence-corrected chi connectivity index (χ2v) is 6.76. The van der Waals surface area contributed by atoms with Gasteiger partial charge < -0.3 is 15.3 Å². The van der Waals surface area contributed by atoms with E-state index in [1.807, 2.05) is 23.1 Å². The molecule has 2 rings (SSSR count). The Labute approximate surface area is 133 Å². The van der Waals surface area contributed by atoms with Crippen molar-refractivity contribution in [3.8, 4) is 0 Å². The maximum Gasteiger partial charge on any atom is 0.317 e. The van der Waals surface area contributed by atoms with E-state index in [1.165, 1.54) is 5.56 Å². The van der Waals surface area contributed by atoms with Crippen LogP contribution in [-0.4, -0.2) is 41.8 Å². The van der Waals surface area contributed by atoms with Gasteiger partial charge in [0.15, 0.2) is 0 Å². The number of nitrogens with one attached hydrogen (secondary N) is 1. The molecule has 1 aromatic rings. The number of rotatable bonds is 5. The molecule has 0 aromatic heterocycles. The van der Waals surface area contributed by atoms with Crippen LogP contribution < -0.4 is 5.32 Å². The molecule has 1 atom stereocenters. The summed E-state index contributed by atoms with van der Waals surface area (Å²) < 4.78 is 0. The highest BCUT2D eigenvalue weighted by Crippen LogP contribution is 2.23. The molecule has 0 saturated carbocycles. The summed E-state index contributed by atoms with van der Waals surface area (Å²) in [7, 11) is 0. The minimum Gasteiger partial charge on any atom is -0.396 e. The van der Waals surface area contributed by atoms with E-state index in [0.717, 1.165) is 25.8 Å². The Morgan fingerprint density at radius 2 is 2.05 bits per heavy atom. The number of piperidine rings is 1. The zero-order valence-corrected chi connectivity index (χ0v) is 13.7. The number of urea groups is 1. The lowest BCUT2D eigenvalue weighted by atomic mass is 9.85. The van der Waals surface area contributed by atoms with E-state index in [2.05, 4.69) is 31.3 Å². The number of carbonyl (C=O) groups is 1. The fourth-order valence-electron chi connectivity index (χ4n) is 3.11. The van der Waals surface area contributed by atoms with Crippen LogP contribution in [0.4, 0.5) is 4.79 Å². The molecule has 4 nitrogen and oxygen atoms in total. The molecule has 0 spiro atoms. The summed E-state index contributed by atoms with van der Waals surface area (Å²) in [6.07, 6.45) is 3.87. The lowest BCUT2D eigenvalue weighted by Gasteiger charge is -2.36. The van der Waals surface area contributed by atoms with Gasteiger partial charge in [0.2, 0.25) is 0 Å². The SMILES string of the molecule is CC(C)(CNC(=O)N1CCCCC1CCO)c1ccccc1. The third kappa shape index (κ3) is 4.23. The highest BCUT2D eigenvalue weighted by Gasteiger charge is 2.28. The number of aliphatic hydroxyl groups excluding tert-OH is 1. The average Bonchev–Trinajstić information content (AvgIpc) is 2.54. The third-order valence-electron chi connectivity index (χ3n) is 4.59. The number of nitrogens with zero attached hydrogens (tertiary/aromatic N) is 1. The van der Waals surface area contributed by atoms with Crippen molar-refractivity contribution in [1.82, 2.24) is 10.2 Å². The van der Waals surface area contributed by atoms with Gasteiger partial charge >= 0.3 is 6.03 Å². The molecule has 0 bridgehead atoms. The molecular formula is C18H28N2O2. The van der Waals surface area contributed by atoms with Gasteiger partial charge in [-0.05, 0) is 31.2 Å². The first-order valence-corrected chi connectivity index (χ1v) is 8.25. The standard InChI is InChI=1S/C18H28N2O2/c1-18(2,15-8-4-3-5-9-15)14-19-17(22)20-12-7-6-10-16(20)11-13-21/h3-5,8-9,16,21H,6-7,10-14H2,1-2H3,(H,19,22).